The van der Waals surface area contributed by atoms with Gasteiger partial charge >= 0.3 is 13.5 Å². The molecule has 4 fully saturated rings. The summed E-state index contributed by atoms with van der Waals surface area (Å²) in [7, 11) is 0. The number of aliphatic imine (C=N–C) groups is 1. The van der Waals surface area contributed by atoms with Crippen LogP contribution < -0.4 is 21.7 Å². The molecule has 0 spiro atoms. The van der Waals surface area contributed by atoms with Crippen molar-refractivity contribution in [3.8, 4) is 0 Å². The monoisotopic (exact) mass is 670 g/mol. The molecule has 4 aliphatic heterocycles. The van der Waals surface area contributed by atoms with Gasteiger partial charge in [0.05, 0.1) is 25.6 Å². The Hall–Kier alpha value is -1.38. The molecule has 1 aromatic rings. The number of amides is 1. The van der Waals surface area contributed by atoms with E-state index in [1.54, 1.807) is 6.07 Å². The van der Waals surface area contributed by atoms with Gasteiger partial charge in [0.15, 0.2) is 12.3 Å². The van der Waals surface area contributed by atoms with Crippen LogP contribution in [0.1, 0.15) is 6.42 Å². The van der Waals surface area contributed by atoms with Gasteiger partial charge in [0.2, 0.25) is 0 Å². The number of aliphatic hydroxyl groups is 1. The summed E-state index contributed by atoms with van der Waals surface area (Å²) in [6, 6.07) is -0.164. The Balaban J connectivity index is 1.24. The molecule has 1 saturated carbocycles. The number of aliphatic hydroxyl groups excluding tert-OH is 1. The SMILES string of the molecule is NC1NC(=O)C2N=CN([C@@H]3O[C@@H]4COP(O)(=S)O[C@@H]5[C@@H](COP(=O)(S)O[C@@H]3[C@@H]4O)C[C@@H](Nc3ccncn3)[C@@H]5F)C2N1. The fourth-order valence-electron chi connectivity index (χ4n) is 5.57. The Labute approximate surface area is 249 Å². The number of halogens is 1. The molecule has 6 rings (SSSR count). The van der Waals surface area contributed by atoms with Crippen molar-refractivity contribution >= 4 is 55.6 Å². The second-order valence-electron chi connectivity index (χ2n) is 10.3. The fourth-order valence-corrected chi connectivity index (χ4v) is 8.54. The number of carbonyl (C=O) groups excluding carboxylic acids is 1. The average Bonchev–Trinajstić information content (AvgIpc) is 3.57. The Bertz CT molecular complexity index is 1310. The van der Waals surface area contributed by atoms with Crippen LogP contribution in [-0.2, 0) is 44.0 Å². The molecule has 3 saturated heterocycles. The molecule has 17 nitrogen and oxygen atoms in total. The van der Waals surface area contributed by atoms with Gasteiger partial charge in [-0.15, -0.1) is 0 Å². The second-order valence-corrected chi connectivity index (χ2v) is 15.9. The molecule has 5 heterocycles. The highest BCUT2D eigenvalue weighted by Crippen LogP contribution is 2.58. The summed E-state index contributed by atoms with van der Waals surface area (Å²) in [6.45, 7) is -9.21. The molecule has 1 amide bonds. The lowest BCUT2D eigenvalue weighted by Gasteiger charge is -2.39. The van der Waals surface area contributed by atoms with Crippen LogP contribution in [0.15, 0.2) is 23.6 Å². The van der Waals surface area contributed by atoms with E-state index in [0.29, 0.717) is 5.82 Å². The quantitative estimate of drug-likeness (QED) is 0.148. The number of rotatable bonds is 3. The highest BCUT2D eigenvalue weighted by atomic mass is 32.7. The maximum Gasteiger partial charge on any atom is 0.386 e. The molecule has 0 aromatic carbocycles. The lowest BCUT2D eigenvalue weighted by atomic mass is 10.1. The van der Waals surface area contributed by atoms with Crippen molar-refractivity contribution in [3.63, 3.8) is 0 Å². The fraction of sp³-hybridized carbons (Fsp3) is 0.700. The number of alkyl halides is 1. The number of fused-ring (bicyclic) bond motifs is 4. The third-order valence-corrected chi connectivity index (χ3v) is 10.7. The summed E-state index contributed by atoms with van der Waals surface area (Å²) in [5, 5.41) is 19.5. The molecule has 1 aliphatic carbocycles. The number of aromatic nitrogens is 2. The van der Waals surface area contributed by atoms with Crippen molar-refractivity contribution in [1.82, 2.24) is 25.5 Å². The zero-order valence-electron chi connectivity index (χ0n) is 21.5. The molecule has 0 radical (unpaired) electrons. The topological polar surface area (TPSA) is 224 Å². The predicted octanol–water partition coefficient (Wildman–Crippen LogP) is -1.23. The van der Waals surface area contributed by atoms with Crippen LogP contribution in [0.3, 0.4) is 0 Å². The van der Waals surface area contributed by atoms with Crippen molar-refractivity contribution in [1.29, 1.82) is 0 Å². The van der Waals surface area contributed by atoms with Gasteiger partial charge in [-0.2, -0.15) is 0 Å². The summed E-state index contributed by atoms with van der Waals surface area (Å²) in [4.78, 5) is 36.8. The summed E-state index contributed by atoms with van der Waals surface area (Å²) < 4.78 is 57.5. The van der Waals surface area contributed by atoms with Crippen LogP contribution >= 0.6 is 25.8 Å². The van der Waals surface area contributed by atoms with E-state index in [0.717, 1.165) is 0 Å². The highest BCUT2D eigenvalue weighted by molar-refractivity contribution is 8.44. The van der Waals surface area contributed by atoms with Gasteiger partial charge in [0.1, 0.15) is 55.2 Å². The van der Waals surface area contributed by atoms with Gasteiger partial charge in [-0.25, -0.2) is 18.9 Å². The molecule has 232 valence electrons. The van der Waals surface area contributed by atoms with E-state index in [1.165, 1.54) is 23.8 Å². The van der Waals surface area contributed by atoms with Crippen molar-refractivity contribution in [3.05, 3.63) is 18.6 Å². The minimum absolute atomic E-state index is 0.112. The number of carbonyl (C=O) groups is 1. The van der Waals surface area contributed by atoms with Crippen LogP contribution in [0.4, 0.5) is 10.2 Å². The summed E-state index contributed by atoms with van der Waals surface area (Å²) in [5.41, 5.74) is 5.86. The molecular formula is C20H29FN8O9P2S2. The molecule has 22 heteroatoms. The van der Waals surface area contributed by atoms with Crippen LogP contribution in [0.2, 0.25) is 0 Å². The van der Waals surface area contributed by atoms with Crippen molar-refractivity contribution in [2.24, 2.45) is 16.6 Å². The minimum atomic E-state index is -4.24. The Morgan fingerprint density at radius 3 is 2.86 bits per heavy atom. The zero-order valence-corrected chi connectivity index (χ0v) is 25.0. The first kappa shape index (κ1) is 30.6. The number of hydrogen-bond donors (Lipinski definition) is 7. The molecule has 1 aromatic heterocycles. The van der Waals surface area contributed by atoms with Gasteiger partial charge < -0.3 is 43.8 Å². The van der Waals surface area contributed by atoms with E-state index in [4.69, 9.17) is 40.4 Å². The molecular weight excluding hydrogens is 641 g/mol. The maximum absolute atomic E-state index is 15.7. The predicted molar refractivity (Wildman–Crippen MR) is 149 cm³/mol. The summed E-state index contributed by atoms with van der Waals surface area (Å²) >= 11 is 9.28. The molecule has 5 unspecified atom stereocenters. The minimum Gasteiger partial charge on any atom is -0.387 e. The average molecular weight is 671 g/mol. The number of nitrogens with zero attached hydrogens (tertiary/aromatic N) is 4. The number of hydrogen-bond acceptors (Lipinski definition) is 16. The summed E-state index contributed by atoms with van der Waals surface area (Å²) in [6.07, 6.45) is -5.72. The smallest absolute Gasteiger partial charge is 0.386 e. The van der Waals surface area contributed by atoms with E-state index < -0.39 is 93.3 Å². The molecule has 2 bridgehead atoms. The lowest BCUT2D eigenvalue weighted by Crippen LogP contribution is -2.70. The van der Waals surface area contributed by atoms with E-state index >= 15 is 4.39 Å². The van der Waals surface area contributed by atoms with E-state index in [1.807, 2.05) is 0 Å². The summed E-state index contributed by atoms with van der Waals surface area (Å²) in [5.74, 6) is -0.842. The Morgan fingerprint density at radius 2 is 2.10 bits per heavy atom. The van der Waals surface area contributed by atoms with Gasteiger partial charge in [-0.3, -0.25) is 25.4 Å². The van der Waals surface area contributed by atoms with Crippen molar-refractivity contribution < 1.29 is 46.6 Å². The Kier molecular flexibility index (Phi) is 8.64. The highest BCUT2D eigenvalue weighted by Gasteiger charge is 2.55. The largest absolute Gasteiger partial charge is 0.387 e. The molecule has 5 aliphatic rings. The molecule has 7 N–H and O–H groups in total. The number of thiol groups is 1. The van der Waals surface area contributed by atoms with Gasteiger partial charge in [-0.1, -0.05) is 12.2 Å². The number of nitrogens with one attached hydrogen (secondary N) is 3. The first-order chi connectivity index (χ1) is 19.9. The third kappa shape index (κ3) is 6.24. The number of anilines is 1. The number of ether oxygens (including phenoxy) is 1. The second kappa shape index (κ2) is 11.8. The van der Waals surface area contributed by atoms with Crippen molar-refractivity contribution in [2.75, 3.05) is 18.5 Å². The van der Waals surface area contributed by atoms with Crippen LogP contribution in [0.5, 0.6) is 0 Å². The van der Waals surface area contributed by atoms with E-state index in [9.17, 15) is 19.4 Å². The molecule has 13 atom stereocenters. The van der Waals surface area contributed by atoms with Crippen LogP contribution in [0.25, 0.3) is 0 Å². The van der Waals surface area contributed by atoms with Crippen molar-refractivity contribution in [2.45, 2.75) is 67.8 Å². The number of nitrogens with two attached hydrogens (primary N) is 1. The van der Waals surface area contributed by atoms with Gasteiger partial charge in [-0.05, 0) is 24.3 Å². The van der Waals surface area contributed by atoms with E-state index in [-0.39, 0.29) is 13.0 Å². The third-order valence-electron chi connectivity index (χ3n) is 7.50. The maximum atomic E-state index is 15.7. The zero-order chi connectivity index (χ0) is 29.8. The van der Waals surface area contributed by atoms with E-state index in [2.05, 4.69) is 43.2 Å². The normalized spacial score (nSPS) is 47.5. The molecule has 42 heavy (non-hydrogen) atoms. The van der Waals surface area contributed by atoms with Crippen LogP contribution in [-0.4, -0.2) is 112 Å². The standard InChI is InChI=1S/C20H29FN8O9P2S2/c21-12-9(26-11-1-2-23-6-24-11)3-8-4-34-39(32,41)38-16-14(30)10(5-35-40(33,42)37-15(8)12)36-19(16)29-7-25-13-17(29)27-20(22)28-18(13)31/h1-2,6-10,12-17,19-20,27,30H,3-5,22H2,(H,28,31)(H,32,41)(H,33,42)(H,23,24,26)/t8-,9-,10-,12+,13?,14-,15-,16-,17?,19-,20?,39?,40?/m1/s1. The lowest BCUT2D eigenvalue weighted by molar-refractivity contribution is -0.130. The van der Waals surface area contributed by atoms with Gasteiger partial charge in [0.25, 0.3) is 5.91 Å². The van der Waals surface area contributed by atoms with Crippen LogP contribution in [0, 0.1) is 5.92 Å². The van der Waals surface area contributed by atoms with Gasteiger partial charge in [0, 0.05) is 12.1 Å². The first-order valence-electron chi connectivity index (χ1n) is 12.9. The first-order valence-corrected chi connectivity index (χ1v) is 18.1. The Morgan fingerprint density at radius 1 is 1.29 bits per heavy atom.